The van der Waals surface area contributed by atoms with Crippen LogP contribution in [-0.4, -0.2) is 96.9 Å². The van der Waals surface area contributed by atoms with E-state index in [2.05, 4.69) is 52.7 Å². The highest BCUT2D eigenvalue weighted by atomic mass is 31.3. The molecule has 2 heterocycles. The first-order valence-corrected chi connectivity index (χ1v) is 28.0. The van der Waals surface area contributed by atoms with Gasteiger partial charge in [0.2, 0.25) is 0 Å². The highest BCUT2D eigenvalue weighted by molar-refractivity contribution is 7.61. The molecular formula is C50H81N3O16P2. The number of phosphoric acid groups is 2. The molecule has 0 aliphatic carbocycles. The zero-order valence-electron chi connectivity index (χ0n) is 41.6. The lowest BCUT2D eigenvalue weighted by Gasteiger charge is -2.21. The summed E-state index contributed by atoms with van der Waals surface area (Å²) in [5.41, 5.74) is 4.57. The molecule has 19 nitrogen and oxygen atoms in total. The van der Waals surface area contributed by atoms with Gasteiger partial charge in [-0.05, 0) is 83.1 Å². The molecule has 1 aliphatic rings. The van der Waals surface area contributed by atoms with Crippen LogP contribution in [0.15, 0.2) is 90.0 Å². The van der Waals surface area contributed by atoms with Gasteiger partial charge in [0.1, 0.15) is 30.7 Å². The first-order chi connectivity index (χ1) is 34.1. The van der Waals surface area contributed by atoms with E-state index in [4.69, 9.17) is 29.0 Å². The minimum atomic E-state index is -5.45. The normalized spacial score (nSPS) is 20.2. The number of carbonyl (C=O) groups is 2. The van der Waals surface area contributed by atoms with Gasteiger partial charge in [-0.25, -0.2) is 13.9 Å². The van der Waals surface area contributed by atoms with Crippen LogP contribution in [0.4, 0.5) is 5.82 Å². The molecular weight excluding hydrogens is 961 g/mol. The average Bonchev–Trinajstić information content (AvgIpc) is 3.60. The number of aliphatic hydroxyl groups excluding tert-OH is 3. The van der Waals surface area contributed by atoms with Crippen LogP contribution in [0.1, 0.15) is 155 Å². The minimum Gasteiger partial charge on any atom is -0.462 e. The number of aromatic nitrogens is 2. The van der Waals surface area contributed by atoms with Crippen LogP contribution in [0.3, 0.4) is 0 Å². The van der Waals surface area contributed by atoms with Crippen LogP contribution in [0.5, 0.6) is 0 Å². The number of carbonyl (C=O) groups excluding carboxylic acids is 2. The quantitative estimate of drug-likeness (QED) is 0.0117. The van der Waals surface area contributed by atoms with E-state index in [1.54, 1.807) is 6.08 Å². The largest absolute Gasteiger partial charge is 0.481 e. The van der Waals surface area contributed by atoms with E-state index < -0.39 is 89.8 Å². The van der Waals surface area contributed by atoms with Crippen molar-refractivity contribution in [3.8, 4) is 0 Å². The summed E-state index contributed by atoms with van der Waals surface area (Å²) in [5, 5.41) is 30.8. The van der Waals surface area contributed by atoms with Crippen LogP contribution in [0.2, 0.25) is 0 Å². The molecule has 0 amide bonds. The molecule has 71 heavy (non-hydrogen) atoms. The lowest BCUT2D eigenvalue weighted by Crippen LogP contribution is -2.36. The van der Waals surface area contributed by atoms with Crippen molar-refractivity contribution in [3.63, 3.8) is 0 Å². The van der Waals surface area contributed by atoms with Crippen LogP contribution in [0, 0.1) is 0 Å². The zero-order chi connectivity index (χ0) is 52.2. The number of phosphoric ester groups is 2. The molecule has 1 aliphatic heterocycles. The summed E-state index contributed by atoms with van der Waals surface area (Å²) in [4.78, 5) is 61.9. The van der Waals surface area contributed by atoms with Crippen molar-refractivity contribution in [2.24, 2.45) is 0 Å². The first kappa shape index (κ1) is 63.3. The molecule has 1 saturated heterocycles. The maximum Gasteiger partial charge on any atom is 0.481 e. The topological polar surface area (TPSA) is 286 Å². The number of aliphatic hydroxyl groups is 3. The third-order valence-corrected chi connectivity index (χ3v) is 13.5. The smallest absolute Gasteiger partial charge is 0.462 e. The number of esters is 2. The summed E-state index contributed by atoms with van der Waals surface area (Å²) in [7, 11) is -10.9. The number of anilines is 1. The third kappa shape index (κ3) is 30.7. The van der Waals surface area contributed by atoms with Crippen molar-refractivity contribution >= 4 is 33.4 Å². The van der Waals surface area contributed by atoms with Crippen molar-refractivity contribution in [1.29, 1.82) is 0 Å². The van der Waals surface area contributed by atoms with Crippen molar-refractivity contribution in [3.05, 3.63) is 95.7 Å². The maximum absolute atomic E-state index is 12.9. The Bertz CT molecular complexity index is 1990. The Hall–Kier alpha value is -3.84. The molecule has 3 unspecified atom stereocenters. The van der Waals surface area contributed by atoms with Crippen LogP contribution in [0.25, 0.3) is 0 Å². The third-order valence-electron chi connectivity index (χ3n) is 10.9. The van der Waals surface area contributed by atoms with Crippen molar-refractivity contribution in [1.82, 2.24) is 9.55 Å². The fourth-order valence-corrected chi connectivity index (χ4v) is 9.05. The Labute approximate surface area is 419 Å². The van der Waals surface area contributed by atoms with Crippen molar-refractivity contribution in [2.45, 2.75) is 185 Å². The number of rotatable bonds is 40. The summed E-state index contributed by atoms with van der Waals surface area (Å²) in [5.74, 6) is -1.39. The van der Waals surface area contributed by atoms with E-state index in [9.17, 15) is 48.6 Å². The number of nitrogens with zero attached hydrogens (tertiary/aromatic N) is 2. The van der Waals surface area contributed by atoms with E-state index in [1.807, 2.05) is 37.3 Å². The fourth-order valence-electron chi connectivity index (χ4n) is 6.94. The summed E-state index contributed by atoms with van der Waals surface area (Å²) < 4.78 is 56.7. The van der Waals surface area contributed by atoms with Gasteiger partial charge in [-0.3, -0.25) is 23.2 Å². The number of hydrogen-bond acceptors (Lipinski definition) is 16. The molecule has 8 atom stereocenters. The second-order valence-corrected chi connectivity index (χ2v) is 20.2. The number of ether oxygens (including phenoxy) is 3. The molecule has 402 valence electrons. The van der Waals surface area contributed by atoms with Crippen LogP contribution < -0.4 is 11.4 Å². The number of unbranched alkanes of at least 4 members (excludes halogenated alkanes) is 12. The number of hydrogen-bond donors (Lipinski definition) is 6. The molecule has 2 rings (SSSR count). The lowest BCUT2D eigenvalue weighted by atomic mass is 10.1. The Morgan fingerprint density at radius 3 is 2.00 bits per heavy atom. The van der Waals surface area contributed by atoms with E-state index in [0.29, 0.717) is 19.3 Å². The van der Waals surface area contributed by atoms with Gasteiger partial charge in [0.25, 0.3) is 0 Å². The molecule has 0 spiro atoms. The molecule has 0 bridgehead atoms. The maximum atomic E-state index is 12.9. The van der Waals surface area contributed by atoms with Gasteiger partial charge in [-0.2, -0.15) is 9.29 Å². The van der Waals surface area contributed by atoms with Gasteiger partial charge >= 0.3 is 33.3 Å². The van der Waals surface area contributed by atoms with Gasteiger partial charge in [0.15, 0.2) is 12.3 Å². The Kier molecular flexibility index (Phi) is 33.7. The number of nitrogens with two attached hydrogens (primary N) is 1. The Balaban J connectivity index is 1.84. The van der Waals surface area contributed by atoms with Crippen LogP contribution in [-0.2, 0) is 46.3 Å². The zero-order valence-corrected chi connectivity index (χ0v) is 43.4. The van der Waals surface area contributed by atoms with Crippen molar-refractivity contribution in [2.75, 3.05) is 25.6 Å². The predicted molar refractivity (Wildman–Crippen MR) is 271 cm³/mol. The van der Waals surface area contributed by atoms with Crippen LogP contribution >= 0.6 is 15.6 Å². The van der Waals surface area contributed by atoms with E-state index in [1.165, 1.54) is 25.3 Å². The standard InChI is InChI=1S/C50H81N3O16P2/c1-3-5-7-8-9-10-11-12-13-14-15-16-17-20-23-26-30-34-45(55)64-38-42(67-46(56)35-31-27-24-21-18-19-22-25-29-33-41(54)32-28-6-4-2)39-65-70(60,61)69-71(62,63)66-40-43-47(57)48(58)49(68-43)53-37-36-44(51)52-50(53)59/h6,9-10,12-13,15-16,22,25,28-29,33,36-37,41-43,47-49,54,57-58H,3-5,7-8,11,14,17-21,23-24,26-27,30-32,34-35,38-40H2,1-2H3,(H,60,61)(H,62,63)(H2,51,52,59)/b10-9-,13-12-,16-15-,25-22+,28-6+,33-29+/t41?,42-,43-,47-,48-,49-/m1/s1. The summed E-state index contributed by atoms with van der Waals surface area (Å²) in [6.07, 6.45) is 34.5. The highest BCUT2D eigenvalue weighted by Gasteiger charge is 2.46. The lowest BCUT2D eigenvalue weighted by molar-refractivity contribution is -0.161. The highest BCUT2D eigenvalue weighted by Crippen LogP contribution is 2.60. The number of nitrogen functional groups attached to an aromatic ring is 1. The van der Waals surface area contributed by atoms with Gasteiger partial charge in [0, 0.05) is 19.0 Å². The summed E-state index contributed by atoms with van der Waals surface area (Å²) in [6, 6.07) is 1.24. The minimum absolute atomic E-state index is 0.00522. The molecule has 1 fully saturated rings. The molecule has 1 aromatic rings. The molecule has 7 N–H and O–H groups in total. The number of allylic oxidation sites excluding steroid dienone is 10. The Morgan fingerprint density at radius 1 is 0.761 bits per heavy atom. The van der Waals surface area contributed by atoms with Gasteiger partial charge < -0.3 is 45.1 Å². The predicted octanol–water partition coefficient (Wildman–Crippen LogP) is 9.08. The second kappa shape index (κ2) is 37.8. The van der Waals surface area contributed by atoms with E-state index in [-0.39, 0.29) is 18.7 Å². The monoisotopic (exact) mass is 1040 g/mol. The summed E-state index contributed by atoms with van der Waals surface area (Å²) >= 11 is 0. The van der Waals surface area contributed by atoms with Crippen molar-refractivity contribution < 1.29 is 71.4 Å². The average molecular weight is 1040 g/mol. The van der Waals surface area contributed by atoms with Gasteiger partial charge in [-0.15, -0.1) is 0 Å². The molecule has 21 heteroatoms. The van der Waals surface area contributed by atoms with Gasteiger partial charge in [-0.1, -0.05) is 132 Å². The molecule has 0 saturated carbocycles. The first-order valence-electron chi connectivity index (χ1n) is 25.1. The molecule has 1 aromatic heterocycles. The van der Waals surface area contributed by atoms with Gasteiger partial charge in [0.05, 0.1) is 19.3 Å². The van der Waals surface area contributed by atoms with E-state index in [0.717, 1.165) is 94.2 Å². The molecule has 0 radical (unpaired) electrons. The summed E-state index contributed by atoms with van der Waals surface area (Å²) in [6.45, 7) is 1.85. The molecule has 0 aromatic carbocycles. The second-order valence-electron chi connectivity index (χ2n) is 17.1. The van der Waals surface area contributed by atoms with E-state index >= 15 is 0 Å². The SMILES string of the molecule is CC/C=C/CC(O)/C=C/C=C/CCCCCCCC(=O)O[C@H](COC(=O)CCCCCC/C=C\C/C=C\C/C=C\CCCCC)COP(=O)(O)OP(=O)(O)OC[C@H]1O[C@@H](n2ccc(N)nc2=O)[C@H](O)[C@@H]1O. The fraction of sp³-hybridized carbons (Fsp3) is 0.640. The Morgan fingerprint density at radius 2 is 1.35 bits per heavy atom.